The van der Waals surface area contributed by atoms with Crippen molar-refractivity contribution in [1.29, 1.82) is 0 Å². The van der Waals surface area contributed by atoms with E-state index in [0.717, 1.165) is 29.9 Å². The minimum Gasteiger partial charge on any atom is -0.494 e. The molecular formula is C25H32N2O5. The van der Waals surface area contributed by atoms with Crippen LogP contribution in [0.5, 0.6) is 17.2 Å². The van der Waals surface area contributed by atoms with E-state index < -0.39 is 0 Å². The van der Waals surface area contributed by atoms with Crippen LogP contribution in [0.2, 0.25) is 0 Å². The number of amides is 2. The van der Waals surface area contributed by atoms with Crippen molar-refractivity contribution in [3.8, 4) is 17.2 Å². The normalized spacial score (nSPS) is 14.0. The Balaban J connectivity index is 1.36. The Kier molecular flexibility index (Phi) is 8.78. The fraction of sp³-hybridized carbons (Fsp3) is 0.440. The maximum atomic E-state index is 12.5. The Morgan fingerprint density at radius 2 is 1.34 bits per heavy atom. The second-order valence-corrected chi connectivity index (χ2v) is 7.67. The first-order valence-electron chi connectivity index (χ1n) is 11.2. The molecule has 7 heteroatoms. The van der Waals surface area contributed by atoms with Crippen molar-refractivity contribution in [2.75, 3.05) is 32.9 Å². The SMILES string of the molecule is CCOc1ccc(CC(=O)NC2CCN(C(=O)COc3ccc(OCC)cc3)CC2)cc1. The van der Waals surface area contributed by atoms with Gasteiger partial charge in [-0.3, -0.25) is 9.59 Å². The van der Waals surface area contributed by atoms with E-state index in [-0.39, 0.29) is 24.5 Å². The minimum atomic E-state index is -0.0435. The molecule has 1 aliphatic heterocycles. The predicted octanol–water partition coefficient (Wildman–Crippen LogP) is 3.21. The highest BCUT2D eigenvalue weighted by atomic mass is 16.5. The average Bonchev–Trinajstić information content (AvgIpc) is 2.80. The van der Waals surface area contributed by atoms with Crippen molar-refractivity contribution in [2.45, 2.75) is 39.2 Å². The summed E-state index contributed by atoms with van der Waals surface area (Å²) in [5.41, 5.74) is 0.949. The molecule has 32 heavy (non-hydrogen) atoms. The third-order valence-electron chi connectivity index (χ3n) is 5.31. The molecule has 0 atom stereocenters. The largest absolute Gasteiger partial charge is 0.494 e. The van der Waals surface area contributed by atoms with Crippen LogP contribution >= 0.6 is 0 Å². The molecular weight excluding hydrogens is 408 g/mol. The van der Waals surface area contributed by atoms with Gasteiger partial charge < -0.3 is 24.4 Å². The van der Waals surface area contributed by atoms with Gasteiger partial charge in [-0.1, -0.05) is 12.1 Å². The van der Waals surface area contributed by atoms with Crippen LogP contribution in [0.1, 0.15) is 32.3 Å². The number of carbonyl (C=O) groups excluding carboxylic acids is 2. The summed E-state index contributed by atoms with van der Waals surface area (Å²) >= 11 is 0. The summed E-state index contributed by atoms with van der Waals surface area (Å²) in [7, 11) is 0. The van der Waals surface area contributed by atoms with Crippen LogP contribution in [-0.2, 0) is 16.0 Å². The molecule has 1 N–H and O–H groups in total. The zero-order chi connectivity index (χ0) is 22.8. The van der Waals surface area contributed by atoms with Crippen LogP contribution in [0.4, 0.5) is 0 Å². The van der Waals surface area contributed by atoms with E-state index in [0.29, 0.717) is 38.5 Å². The van der Waals surface area contributed by atoms with Crippen LogP contribution in [0.25, 0.3) is 0 Å². The second kappa shape index (κ2) is 12.0. The molecule has 1 aliphatic rings. The van der Waals surface area contributed by atoms with Crippen LogP contribution in [0.3, 0.4) is 0 Å². The van der Waals surface area contributed by atoms with Gasteiger partial charge in [-0.25, -0.2) is 0 Å². The number of carbonyl (C=O) groups is 2. The Labute approximate surface area is 189 Å². The van der Waals surface area contributed by atoms with Crippen molar-refractivity contribution >= 4 is 11.8 Å². The molecule has 2 amide bonds. The molecule has 3 rings (SSSR count). The number of likely N-dealkylation sites (tertiary alicyclic amines) is 1. The van der Waals surface area contributed by atoms with E-state index in [1.807, 2.05) is 50.2 Å². The molecule has 172 valence electrons. The zero-order valence-electron chi connectivity index (χ0n) is 18.8. The van der Waals surface area contributed by atoms with Gasteiger partial charge >= 0.3 is 0 Å². The van der Waals surface area contributed by atoms with Crippen molar-refractivity contribution in [2.24, 2.45) is 0 Å². The predicted molar refractivity (Wildman–Crippen MR) is 122 cm³/mol. The number of rotatable bonds is 10. The molecule has 0 bridgehead atoms. The molecule has 1 heterocycles. The van der Waals surface area contributed by atoms with Gasteiger partial charge in [0.15, 0.2) is 6.61 Å². The lowest BCUT2D eigenvalue weighted by Crippen LogP contribution is -2.48. The van der Waals surface area contributed by atoms with E-state index in [9.17, 15) is 9.59 Å². The van der Waals surface area contributed by atoms with Gasteiger partial charge in [0.25, 0.3) is 5.91 Å². The summed E-state index contributed by atoms with van der Waals surface area (Å²) < 4.78 is 16.4. The Hall–Kier alpha value is -3.22. The van der Waals surface area contributed by atoms with E-state index in [1.54, 1.807) is 17.0 Å². The number of benzene rings is 2. The van der Waals surface area contributed by atoms with Crippen LogP contribution in [0.15, 0.2) is 48.5 Å². The summed E-state index contributed by atoms with van der Waals surface area (Å²) in [4.78, 5) is 26.6. The first-order chi connectivity index (χ1) is 15.6. The molecule has 0 radical (unpaired) electrons. The van der Waals surface area contributed by atoms with E-state index in [1.165, 1.54) is 0 Å². The molecule has 1 fully saturated rings. The van der Waals surface area contributed by atoms with Gasteiger partial charge in [0.05, 0.1) is 19.6 Å². The number of hydrogen-bond acceptors (Lipinski definition) is 5. The van der Waals surface area contributed by atoms with Crippen LogP contribution in [0, 0.1) is 0 Å². The van der Waals surface area contributed by atoms with Crippen molar-refractivity contribution in [1.82, 2.24) is 10.2 Å². The third kappa shape index (κ3) is 7.18. The molecule has 0 saturated carbocycles. The molecule has 0 aromatic heterocycles. The van der Waals surface area contributed by atoms with E-state index in [2.05, 4.69) is 5.32 Å². The molecule has 7 nitrogen and oxygen atoms in total. The van der Waals surface area contributed by atoms with Gasteiger partial charge in [0.2, 0.25) is 5.91 Å². The number of nitrogens with zero attached hydrogens (tertiary/aromatic N) is 1. The van der Waals surface area contributed by atoms with Gasteiger partial charge in [0.1, 0.15) is 17.2 Å². The highest BCUT2D eigenvalue weighted by Crippen LogP contribution is 2.18. The van der Waals surface area contributed by atoms with Crippen molar-refractivity contribution < 1.29 is 23.8 Å². The summed E-state index contributed by atoms with van der Waals surface area (Å²) in [5.74, 6) is 2.17. The fourth-order valence-electron chi connectivity index (χ4n) is 3.64. The fourth-order valence-corrected chi connectivity index (χ4v) is 3.64. The molecule has 1 saturated heterocycles. The van der Waals surface area contributed by atoms with Gasteiger partial charge in [-0.05, 0) is 68.7 Å². The Morgan fingerprint density at radius 3 is 1.88 bits per heavy atom. The Morgan fingerprint density at radius 1 is 0.844 bits per heavy atom. The monoisotopic (exact) mass is 440 g/mol. The topological polar surface area (TPSA) is 77.1 Å². The number of nitrogens with one attached hydrogen (secondary N) is 1. The second-order valence-electron chi connectivity index (χ2n) is 7.67. The molecule has 0 spiro atoms. The molecule has 0 aliphatic carbocycles. The molecule has 0 unspecified atom stereocenters. The third-order valence-corrected chi connectivity index (χ3v) is 5.31. The van der Waals surface area contributed by atoms with E-state index in [4.69, 9.17) is 14.2 Å². The lowest BCUT2D eigenvalue weighted by atomic mass is 10.0. The number of ether oxygens (including phenoxy) is 3. The molecule has 2 aromatic rings. The number of piperidine rings is 1. The van der Waals surface area contributed by atoms with Crippen LogP contribution < -0.4 is 19.5 Å². The smallest absolute Gasteiger partial charge is 0.260 e. The standard InChI is InChI=1S/C25H32N2O5/c1-3-30-21-7-5-19(6-8-21)17-24(28)26-20-13-15-27(16-14-20)25(29)18-32-23-11-9-22(10-12-23)31-4-2/h5-12,20H,3-4,13-18H2,1-2H3,(H,26,28). The van der Waals surface area contributed by atoms with Crippen LogP contribution in [-0.4, -0.2) is 55.7 Å². The average molecular weight is 441 g/mol. The van der Waals surface area contributed by atoms with Gasteiger partial charge in [0, 0.05) is 19.1 Å². The summed E-state index contributed by atoms with van der Waals surface area (Å²) in [5, 5.41) is 3.09. The Bertz CT molecular complexity index is 859. The first kappa shape index (κ1) is 23.4. The van der Waals surface area contributed by atoms with Crippen molar-refractivity contribution in [3.05, 3.63) is 54.1 Å². The maximum Gasteiger partial charge on any atom is 0.260 e. The van der Waals surface area contributed by atoms with Gasteiger partial charge in [-0.2, -0.15) is 0 Å². The van der Waals surface area contributed by atoms with E-state index >= 15 is 0 Å². The maximum absolute atomic E-state index is 12.5. The first-order valence-corrected chi connectivity index (χ1v) is 11.2. The quantitative estimate of drug-likeness (QED) is 0.614. The van der Waals surface area contributed by atoms with Crippen molar-refractivity contribution in [3.63, 3.8) is 0 Å². The summed E-state index contributed by atoms with van der Waals surface area (Å²) in [6.45, 7) is 6.32. The zero-order valence-corrected chi connectivity index (χ0v) is 18.8. The number of hydrogen-bond donors (Lipinski definition) is 1. The highest BCUT2D eigenvalue weighted by Gasteiger charge is 2.24. The summed E-state index contributed by atoms with van der Waals surface area (Å²) in [6, 6.07) is 14.9. The van der Waals surface area contributed by atoms with Gasteiger partial charge in [-0.15, -0.1) is 0 Å². The summed E-state index contributed by atoms with van der Waals surface area (Å²) in [6.07, 6.45) is 1.81. The minimum absolute atomic E-state index is 0.00207. The lowest BCUT2D eigenvalue weighted by Gasteiger charge is -2.32. The highest BCUT2D eigenvalue weighted by molar-refractivity contribution is 5.79. The lowest BCUT2D eigenvalue weighted by molar-refractivity contribution is -0.134. The molecule has 2 aromatic carbocycles.